The number of aliphatic hydroxyl groups excluding tert-OH is 1. The summed E-state index contributed by atoms with van der Waals surface area (Å²) in [5, 5.41) is 31.0. The van der Waals surface area contributed by atoms with Gasteiger partial charge in [0.15, 0.2) is 5.78 Å². The number of ketones is 1. The summed E-state index contributed by atoms with van der Waals surface area (Å²) in [6.07, 6.45) is -1.68. The summed E-state index contributed by atoms with van der Waals surface area (Å²) in [5.74, 6) is -13.0. The number of nitrogens with two attached hydrogens (primary N) is 2. The Morgan fingerprint density at radius 1 is 0.655 bits per heavy atom. The smallest absolute Gasteiger partial charge is 0.481 e. The number of primary amides is 2. The van der Waals surface area contributed by atoms with Crippen molar-refractivity contribution >= 4 is 139 Å². The van der Waals surface area contributed by atoms with Crippen molar-refractivity contribution in [1.82, 2.24) is 65.2 Å². The molecule has 0 aromatic heterocycles. The second kappa shape index (κ2) is 43.4. The number of aliphatic hydroxyl groups is 1. The molecule has 113 heavy (non-hydrogen) atoms. The maximum absolute atomic E-state index is 15.1. The van der Waals surface area contributed by atoms with Crippen LogP contribution in [0.1, 0.15) is 107 Å². The summed E-state index contributed by atoms with van der Waals surface area (Å²) in [7, 11) is -4.10. The van der Waals surface area contributed by atoms with E-state index < -0.39 is 190 Å². The molecular formula is C73H106InN15O21S3. The number of rotatable bonds is 21. The van der Waals surface area contributed by atoms with Gasteiger partial charge in [-0.1, -0.05) is 68.3 Å². The van der Waals surface area contributed by atoms with Crippen molar-refractivity contribution in [1.29, 1.82) is 0 Å². The minimum Gasteiger partial charge on any atom is -0.481 e. The average Bonchev–Trinajstić information content (AvgIpc) is 1.67. The monoisotopic (exact) mass is 1740 g/mol. The molecule has 11 N–H and O–H groups in total. The number of carboxylic acids is 1. The van der Waals surface area contributed by atoms with Crippen LogP contribution in [0.2, 0.25) is 0 Å². The van der Waals surface area contributed by atoms with Crippen LogP contribution in [-0.2, 0) is 110 Å². The molecule has 6 bridgehead atoms. The van der Waals surface area contributed by atoms with Gasteiger partial charge in [0.25, 0.3) is 0 Å². The second-order valence-electron chi connectivity index (χ2n) is 29.8. The number of hydrogen-bond acceptors (Lipinski definition) is 27. The maximum atomic E-state index is 15.1. The van der Waals surface area contributed by atoms with E-state index in [9.17, 15) is 76.2 Å². The number of amides is 9. The number of hydrogen-bond donors (Lipinski definition) is 9. The molecule has 9 amide bonds. The normalized spacial score (nSPS) is 26.5. The Balaban J connectivity index is 1.01. The first-order valence-corrected chi connectivity index (χ1v) is 46.6. The van der Waals surface area contributed by atoms with Crippen molar-refractivity contribution in [3.63, 3.8) is 0 Å². The van der Waals surface area contributed by atoms with Crippen LogP contribution in [0.3, 0.4) is 0 Å². The van der Waals surface area contributed by atoms with Crippen molar-refractivity contribution in [2.75, 3.05) is 135 Å². The predicted octanol–water partition coefficient (Wildman–Crippen LogP) is -3.50. The van der Waals surface area contributed by atoms with E-state index in [1.54, 1.807) is 35.2 Å². The third kappa shape index (κ3) is 27.8. The molecule has 6 saturated heterocycles. The van der Waals surface area contributed by atoms with Crippen LogP contribution in [0.5, 0.6) is 0 Å². The Hall–Kier alpha value is -7.54. The van der Waals surface area contributed by atoms with E-state index in [0.717, 1.165) is 11.1 Å². The number of carbonyl (C=O) groups is 14. The third-order valence-electron chi connectivity index (χ3n) is 20.9. The van der Waals surface area contributed by atoms with Gasteiger partial charge in [-0.05, 0) is 74.1 Å². The number of fused-ring (bicyclic) bond motifs is 11. The van der Waals surface area contributed by atoms with E-state index in [1.165, 1.54) is 40.2 Å². The molecule has 2 unspecified atom stereocenters. The fourth-order valence-corrected chi connectivity index (χ4v) is 21.1. The summed E-state index contributed by atoms with van der Waals surface area (Å²) < 4.78 is 47.2. The minimum atomic E-state index is -4.36. The zero-order chi connectivity index (χ0) is 81.5. The number of benzene rings is 2. The molecule has 40 heteroatoms. The van der Waals surface area contributed by atoms with Crippen molar-refractivity contribution in [2.45, 2.75) is 157 Å². The Morgan fingerprint density at radius 3 is 1.78 bits per heavy atom. The number of carboxylic acid groups (broad SMARTS) is 1. The average molecular weight is 1740 g/mol. The third-order valence-corrected chi connectivity index (χ3v) is 28.6. The fraction of sp³-hybridized carbons (Fsp3) is 0.644. The zero-order valence-corrected chi connectivity index (χ0v) is 69.7. The molecule has 9 rings (SSSR count). The van der Waals surface area contributed by atoms with Gasteiger partial charge >= 0.3 is 209 Å². The van der Waals surface area contributed by atoms with E-state index in [1.807, 2.05) is 44.7 Å². The molecule has 6 fully saturated rings. The summed E-state index contributed by atoms with van der Waals surface area (Å²) in [4.78, 5) is 208. The van der Waals surface area contributed by atoms with Crippen molar-refractivity contribution < 1.29 is 94.3 Å². The molecule has 36 nitrogen and oxygen atoms in total. The number of Topliss-reactive ketones (excluding diaryl/α,β-unsaturated/α-hetero) is 1. The number of unbranched alkanes of at least 4 members (excludes halogenated alkanes) is 2. The zero-order valence-electron chi connectivity index (χ0n) is 64.0. The van der Waals surface area contributed by atoms with Gasteiger partial charge in [0, 0.05) is 55.5 Å². The van der Waals surface area contributed by atoms with Crippen molar-refractivity contribution in [3.05, 3.63) is 70.8 Å². The number of aliphatic carboxylic acids is 1. The number of thioether (sulfide) groups is 2. The molecule has 0 saturated carbocycles. The van der Waals surface area contributed by atoms with Gasteiger partial charge in [-0.15, -0.1) is 0 Å². The van der Waals surface area contributed by atoms with Crippen LogP contribution >= 0.6 is 23.5 Å². The Bertz CT molecular complexity index is 3830. The Kier molecular flexibility index (Phi) is 34.4. The van der Waals surface area contributed by atoms with Gasteiger partial charge in [-0.2, -0.15) is 23.5 Å². The minimum absolute atomic E-state index is 0.0377. The van der Waals surface area contributed by atoms with E-state index in [0.29, 0.717) is 128 Å². The van der Waals surface area contributed by atoms with E-state index in [4.69, 9.17) is 20.0 Å². The number of nitrogens with one attached hydrogen (secondary N) is 5. The van der Waals surface area contributed by atoms with E-state index in [2.05, 4.69) is 30.9 Å². The van der Waals surface area contributed by atoms with E-state index >= 15 is 9.59 Å². The fourth-order valence-electron chi connectivity index (χ4n) is 14.8. The van der Waals surface area contributed by atoms with Crippen LogP contribution in [0.4, 0.5) is 0 Å². The Morgan fingerprint density at radius 2 is 1.21 bits per heavy atom. The molecule has 2 aromatic carbocycles. The summed E-state index contributed by atoms with van der Waals surface area (Å²) >= 11 is -1.89. The molecule has 7 heterocycles. The van der Waals surface area contributed by atoms with Crippen LogP contribution in [0.25, 0.3) is 0 Å². The number of nitrogens with zero attached hydrogens (tertiary/aromatic N) is 8. The van der Waals surface area contributed by atoms with Gasteiger partial charge in [0.2, 0.25) is 57.3 Å². The van der Waals surface area contributed by atoms with Crippen molar-refractivity contribution in [3.8, 4) is 0 Å². The second-order valence-corrected chi connectivity index (χ2v) is 37.4. The first kappa shape index (κ1) is 89.4. The molecule has 11 atom stereocenters. The van der Waals surface area contributed by atoms with Gasteiger partial charge in [0.05, 0.1) is 30.2 Å². The molecule has 2 aromatic rings. The standard InChI is InChI=1S/C73H109N15O21S3.In/c1-3-4-8-31-112(108,109)80-56-46-111-44-51-33-49(38-81-27-29-86(30-28-81)61(92)39-82-19-21-83(40-63(95)96)23-25-85(42-65(99)100)26-24-84(22-20-82)41-64(97)98)32-50(34-51)43-110-45-52(68(102)78-55(67(75)101)37-62(93)94)36-59(90)54(35-48-11-6-5-7-12-48)77-69(103)53(15-16-60(74)91)76-71(105)66(47(2)89)79-70(104)57-13-9-17-87(57)73(107)58-14-10-18-88(58)72(56)106;/h5-7,11-12,32-34,47,52-58,66,80,89H,3-4,8-10,13-31,35-46H2,1-2H3,(H2,74,91)(H2,75,101)(H,76,105)(H,77,103)(H,78,102)(H,79,104)(H,93,94)(H,95,96)(H,97,98)(H,99,100);/q;+3/p-3/t47-,52+,53+,54+,55+,56+,57+,58+,66+;/m1./s1. The number of piperazine rings is 1. The first-order chi connectivity index (χ1) is 54.0. The molecule has 0 spiro atoms. The number of sulfonamides is 1. The SMILES string of the molecule is CCCCCS(=O)(=O)N[C@H]1CSCc2cc(cc(CN3CCN(C(=O)CN4CCN5CCN6CCN(CC4)CC(=O)[O][In]([O]C(=O)C6)[O]C(=O)C5)CC3)c2)CSC[C@@H](C(=O)N[C@@H](CC(=O)O)C(N)=O)CC(=O)[C@H](Cc2ccccc2)NC(=O)[C@H](CCC(N)=O)NC(=O)[C@H]([C@@H](C)O)NC(=O)[C@@H]2CCCN2C(=O)[C@@H]2CCCN2C1=O. The van der Waals surface area contributed by atoms with E-state index in [-0.39, 0.29) is 93.2 Å². The van der Waals surface area contributed by atoms with Crippen LogP contribution in [-0.4, -0.2) is 347 Å². The van der Waals surface area contributed by atoms with Gasteiger partial charge in [-0.3, -0.25) is 52.8 Å². The molecule has 0 radical (unpaired) electrons. The molecular weight excluding hydrogens is 1630 g/mol. The summed E-state index contributed by atoms with van der Waals surface area (Å²) in [6.45, 7) is 8.15. The Labute approximate surface area is 675 Å². The molecule has 620 valence electrons. The molecule has 0 aliphatic carbocycles. The van der Waals surface area contributed by atoms with Crippen LogP contribution in [0, 0.1) is 5.92 Å². The van der Waals surface area contributed by atoms with Gasteiger partial charge < -0.3 is 52.7 Å². The van der Waals surface area contributed by atoms with Gasteiger partial charge in [0.1, 0.15) is 36.3 Å². The predicted molar refractivity (Wildman–Crippen MR) is 413 cm³/mol. The van der Waals surface area contributed by atoms with Gasteiger partial charge in [-0.25, -0.2) is 13.1 Å². The molecule has 7 aliphatic rings. The van der Waals surface area contributed by atoms with Crippen LogP contribution < -0.4 is 37.5 Å². The topological polar surface area (TPSA) is 479 Å². The van der Waals surface area contributed by atoms with Crippen LogP contribution in [0.15, 0.2) is 48.5 Å². The first-order valence-electron chi connectivity index (χ1n) is 38.6. The summed E-state index contributed by atoms with van der Waals surface area (Å²) in [6, 6.07) is 3.95. The number of carbonyl (C=O) groups excluding carboxylic acids is 13. The van der Waals surface area contributed by atoms with Crippen molar-refractivity contribution in [2.24, 2.45) is 17.4 Å². The summed E-state index contributed by atoms with van der Waals surface area (Å²) in [5.41, 5.74) is 14.0. The quantitative estimate of drug-likeness (QED) is 0.0548. The molecule has 7 aliphatic heterocycles.